The second-order valence-corrected chi connectivity index (χ2v) is 17.3. The van der Waals surface area contributed by atoms with E-state index in [-0.39, 0.29) is 0 Å². The number of hydrogen-bond donors (Lipinski definition) is 0. The summed E-state index contributed by atoms with van der Waals surface area (Å²) in [5, 5.41) is 12.4. The smallest absolute Gasteiger partial charge is 0.143 e. The molecule has 5 heterocycles. The van der Waals surface area contributed by atoms with Crippen LogP contribution in [0.5, 0.6) is 0 Å². The van der Waals surface area contributed by atoms with Crippen molar-refractivity contribution < 1.29 is 4.42 Å². The van der Waals surface area contributed by atoms with Gasteiger partial charge in [0.05, 0.1) is 38.6 Å². The van der Waals surface area contributed by atoms with Crippen LogP contribution < -0.4 is 0 Å². The molecule has 0 amide bonds. The molecule has 0 radical (unpaired) electrons. The fourth-order valence-corrected chi connectivity index (χ4v) is 11.2. The molecule has 0 saturated heterocycles. The molecule has 0 fully saturated rings. The summed E-state index contributed by atoms with van der Waals surface area (Å²) in [5.41, 5.74) is 17.3. The quantitative estimate of drug-likeness (QED) is 0.174. The molecule has 0 saturated carbocycles. The van der Waals surface area contributed by atoms with Crippen molar-refractivity contribution in [1.82, 2.24) is 13.5 Å². The van der Waals surface area contributed by atoms with Crippen LogP contribution in [0.4, 0.5) is 0 Å². The molecule has 15 aromatic rings. The first-order valence-electron chi connectivity index (χ1n) is 22.0. The number of rotatable bonds is 4. The average molecular weight is 814 g/mol. The summed E-state index contributed by atoms with van der Waals surface area (Å²) in [7, 11) is 0. The zero-order valence-corrected chi connectivity index (χ0v) is 34.5. The summed E-state index contributed by atoms with van der Waals surface area (Å²) in [6, 6.07) is 77.7. The Morgan fingerprint density at radius 3 is 1.45 bits per heavy atom. The Kier molecular flexibility index (Phi) is 6.65. The molecule has 0 atom stereocenters. The van der Waals surface area contributed by atoms with E-state index in [9.17, 15) is 0 Å². The number of furan rings is 1. The van der Waals surface area contributed by atoms with Crippen molar-refractivity contribution in [2.45, 2.75) is 0 Å². The Morgan fingerprint density at radius 2 is 0.766 bits per heavy atom. The van der Waals surface area contributed by atoms with Crippen LogP contribution in [0.1, 0.15) is 0 Å². The third-order valence-electron chi connectivity index (χ3n) is 14.0. The SMILES string of the molecule is c1ccc2c(c1)oc1c(-c3ccc(-n4c5ccccc5c5cc(-c6ccc7c(c6)c6ccccc6n7-c6ccc7c8cccc9c%10ccccc%10n(c7c6)c98)ccc54)cc3)cccc12. The highest BCUT2D eigenvalue weighted by molar-refractivity contribution is 6.23. The van der Waals surface area contributed by atoms with Crippen LogP contribution >= 0.6 is 0 Å². The summed E-state index contributed by atoms with van der Waals surface area (Å²) >= 11 is 0. The third kappa shape index (κ3) is 4.51. The van der Waals surface area contributed by atoms with Gasteiger partial charge in [-0.05, 0) is 89.5 Å². The van der Waals surface area contributed by atoms with Crippen molar-refractivity contribution in [1.29, 1.82) is 0 Å². The van der Waals surface area contributed by atoms with Gasteiger partial charge in [-0.3, -0.25) is 0 Å². The van der Waals surface area contributed by atoms with Crippen LogP contribution in [0.3, 0.4) is 0 Å². The molecule has 0 unspecified atom stereocenters. The zero-order chi connectivity index (χ0) is 41.6. The fraction of sp³-hybridized carbons (Fsp3) is 0. The van der Waals surface area contributed by atoms with Crippen LogP contribution in [-0.4, -0.2) is 13.5 Å². The molecule has 0 aliphatic rings. The minimum absolute atomic E-state index is 0.914. The van der Waals surface area contributed by atoms with Crippen LogP contribution in [0, 0.1) is 0 Å². The van der Waals surface area contributed by atoms with Gasteiger partial charge in [-0.1, -0.05) is 140 Å². The lowest BCUT2D eigenvalue weighted by Crippen LogP contribution is -1.94. The van der Waals surface area contributed by atoms with Crippen LogP contribution in [0.25, 0.3) is 137 Å². The van der Waals surface area contributed by atoms with Gasteiger partial charge in [0.1, 0.15) is 11.2 Å². The molecule has 0 spiro atoms. The molecule has 4 heteroatoms. The lowest BCUT2D eigenvalue weighted by Gasteiger charge is -2.11. The number of fused-ring (bicyclic) bond motifs is 15. The summed E-state index contributed by atoms with van der Waals surface area (Å²) < 4.78 is 13.7. The Morgan fingerprint density at radius 1 is 0.281 bits per heavy atom. The van der Waals surface area contributed by atoms with Crippen LogP contribution in [0.15, 0.2) is 217 Å². The van der Waals surface area contributed by atoms with Gasteiger partial charge in [-0.2, -0.15) is 0 Å². The number of hydrogen-bond acceptors (Lipinski definition) is 1. The van der Waals surface area contributed by atoms with E-state index in [1.165, 1.54) is 92.8 Å². The molecule has 64 heavy (non-hydrogen) atoms. The highest BCUT2D eigenvalue weighted by Crippen LogP contribution is 2.43. The molecule has 0 bridgehead atoms. The molecule has 10 aromatic carbocycles. The van der Waals surface area contributed by atoms with Crippen LogP contribution in [0.2, 0.25) is 0 Å². The maximum atomic E-state index is 6.40. The van der Waals surface area contributed by atoms with E-state index in [1.54, 1.807) is 0 Å². The first-order chi connectivity index (χ1) is 31.7. The van der Waals surface area contributed by atoms with Crippen molar-refractivity contribution in [3.63, 3.8) is 0 Å². The second-order valence-electron chi connectivity index (χ2n) is 17.3. The minimum atomic E-state index is 0.914. The Hall–Kier alpha value is -8.60. The van der Waals surface area contributed by atoms with Crippen molar-refractivity contribution in [3.05, 3.63) is 212 Å². The maximum Gasteiger partial charge on any atom is 0.143 e. The van der Waals surface area contributed by atoms with Gasteiger partial charge in [0.2, 0.25) is 0 Å². The topological polar surface area (TPSA) is 27.4 Å². The Balaban J connectivity index is 0.856. The lowest BCUT2D eigenvalue weighted by atomic mass is 10.0. The Bertz CT molecular complexity index is 4420. The molecule has 5 aromatic heterocycles. The van der Waals surface area contributed by atoms with E-state index in [0.717, 1.165) is 44.4 Å². The fourth-order valence-electron chi connectivity index (χ4n) is 11.2. The van der Waals surface area contributed by atoms with E-state index >= 15 is 0 Å². The number of benzene rings is 10. The molecule has 15 rings (SSSR count). The van der Waals surface area contributed by atoms with Crippen molar-refractivity contribution >= 4 is 104 Å². The maximum absolute atomic E-state index is 6.40. The highest BCUT2D eigenvalue weighted by Gasteiger charge is 2.20. The molecule has 0 N–H and O–H groups in total. The van der Waals surface area contributed by atoms with Gasteiger partial charge in [0.15, 0.2) is 0 Å². The third-order valence-corrected chi connectivity index (χ3v) is 14.0. The molecule has 4 nitrogen and oxygen atoms in total. The van der Waals surface area contributed by atoms with Gasteiger partial charge in [-0.25, -0.2) is 0 Å². The zero-order valence-electron chi connectivity index (χ0n) is 34.5. The van der Waals surface area contributed by atoms with Gasteiger partial charge >= 0.3 is 0 Å². The van der Waals surface area contributed by atoms with Crippen LogP contribution in [-0.2, 0) is 0 Å². The van der Waals surface area contributed by atoms with E-state index in [1.807, 2.05) is 12.1 Å². The Labute approximate surface area is 366 Å². The molecule has 0 aliphatic carbocycles. The number of aromatic nitrogens is 3. The second kappa shape index (κ2) is 12.5. The monoisotopic (exact) mass is 813 g/mol. The first-order valence-corrected chi connectivity index (χ1v) is 22.0. The van der Waals surface area contributed by atoms with E-state index in [2.05, 4.69) is 214 Å². The molecule has 296 valence electrons. The van der Waals surface area contributed by atoms with Gasteiger partial charge < -0.3 is 18.0 Å². The highest BCUT2D eigenvalue weighted by atomic mass is 16.3. The average Bonchev–Trinajstić information content (AvgIpc) is 4.16. The van der Waals surface area contributed by atoms with Crippen molar-refractivity contribution in [3.8, 4) is 33.6 Å². The molecular weight excluding hydrogens is 779 g/mol. The predicted molar refractivity (Wildman–Crippen MR) is 268 cm³/mol. The largest absolute Gasteiger partial charge is 0.455 e. The summed E-state index contributed by atoms with van der Waals surface area (Å²) in [4.78, 5) is 0. The van der Waals surface area contributed by atoms with Gasteiger partial charge in [0.25, 0.3) is 0 Å². The summed E-state index contributed by atoms with van der Waals surface area (Å²) in [5.74, 6) is 0. The number of nitrogens with zero attached hydrogens (tertiary/aromatic N) is 3. The molecular formula is C60H35N3O. The van der Waals surface area contributed by atoms with E-state index in [0.29, 0.717) is 0 Å². The van der Waals surface area contributed by atoms with E-state index in [4.69, 9.17) is 4.42 Å². The van der Waals surface area contributed by atoms with Crippen molar-refractivity contribution in [2.24, 2.45) is 0 Å². The molecule has 0 aliphatic heterocycles. The minimum Gasteiger partial charge on any atom is -0.455 e. The lowest BCUT2D eigenvalue weighted by molar-refractivity contribution is 0.670. The standard InChI is InChI=1S/C60H35N3O/c1-7-21-54-42(11-1)47-16-10-17-48-45-30-29-40(35-57(45)63(54)59(47)48)62-53-20-6-3-13-44(53)51-34-38(26-32-56(51)62)37-25-31-55-50(33-37)43-12-2-5-19-52(43)61(55)39-27-23-36(24-28-39)41-15-9-18-49-46-14-4-8-22-58(46)64-60(41)49/h1-35H. The summed E-state index contributed by atoms with van der Waals surface area (Å²) in [6.07, 6.45) is 0. The predicted octanol–water partition coefficient (Wildman–Crippen LogP) is 16.3. The van der Waals surface area contributed by atoms with E-state index < -0.39 is 0 Å². The van der Waals surface area contributed by atoms with Crippen molar-refractivity contribution in [2.75, 3.05) is 0 Å². The van der Waals surface area contributed by atoms with Gasteiger partial charge in [-0.15, -0.1) is 0 Å². The summed E-state index contributed by atoms with van der Waals surface area (Å²) in [6.45, 7) is 0. The normalized spacial score (nSPS) is 12.4. The number of para-hydroxylation sites is 6. The first kappa shape index (κ1) is 34.0. The van der Waals surface area contributed by atoms with Gasteiger partial charge in [0, 0.05) is 70.8 Å².